The molecule has 0 aliphatic carbocycles. The van der Waals surface area contributed by atoms with Gasteiger partial charge in [-0.25, -0.2) is 19.3 Å². The lowest BCUT2D eigenvalue weighted by Gasteiger charge is -2.36. The summed E-state index contributed by atoms with van der Waals surface area (Å²) in [5.74, 6) is 1.37. The largest absolute Gasteiger partial charge is 0.480 e. The predicted molar refractivity (Wildman–Crippen MR) is 99.8 cm³/mol. The third kappa shape index (κ3) is 4.50. The maximum Gasteiger partial charge on any atom is 0.259 e. The van der Waals surface area contributed by atoms with Gasteiger partial charge < -0.3 is 15.0 Å². The number of likely N-dealkylation sites (tertiary alicyclic amines) is 1. The van der Waals surface area contributed by atoms with Crippen molar-refractivity contribution in [3.05, 3.63) is 41.5 Å². The van der Waals surface area contributed by atoms with Crippen LogP contribution in [-0.2, 0) is 0 Å². The van der Waals surface area contributed by atoms with Crippen LogP contribution in [0.3, 0.4) is 0 Å². The van der Waals surface area contributed by atoms with Crippen molar-refractivity contribution < 1.29 is 13.9 Å². The first-order chi connectivity index (χ1) is 12.9. The standard InChI is InChI=1S/C19H24FN5O2/c1-13-11-16(24-14(2)23-13)22-12-19(20)6-9-25(10-7-19)18(26)15-5-4-8-21-17(15)27-3/h4-5,8,11H,6-7,9-10,12H2,1-3H3,(H,22,23,24). The molecule has 1 fully saturated rings. The second-order valence-electron chi connectivity index (χ2n) is 6.80. The van der Waals surface area contributed by atoms with Crippen LogP contribution < -0.4 is 10.1 Å². The summed E-state index contributed by atoms with van der Waals surface area (Å²) in [6, 6.07) is 5.16. The molecule has 3 heterocycles. The number of carbonyl (C=O) groups is 1. The van der Waals surface area contributed by atoms with Crippen LogP contribution in [0.1, 0.15) is 34.7 Å². The van der Waals surface area contributed by atoms with E-state index in [0.717, 1.165) is 5.69 Å². The lowest BCUT2D eigenvalue weighted by atomic mass is 9.93. The second-order valence-corrected chi connectivity index (χ2v) is 6.80. The fourth-order valence-corrected chi connectivity index (χ4v) is 3.23. The number of amides is 1. The topological polar surface area (TPSA) is 80.2 Å². The van der Waals surface area contributed by atoms with E-state index in [1.807, 2.05) is 6.92 Å². The molecule has 1 saturated heterocycles. The van der Waals surface area contributed by atoms with Crippen LogP contribution in [0.25, 0.3) is 0 Å². The fourth-order valence-electron chi connectivity index (χ4n) is 3.23. The van der Waals surface area contributed by atoms with Crippen molar-refractivity contribution >= 4 is 11.7 Å². The molecule has 1 amide bonds. The molecule has 0 radical (unpaired) electrons. The van der Waals surface area contributed by atoms with Gasteiger partial charge in [0.25, 0.3) is 5.91 Å². The van der Waals surface area contributed by atoms with E-state index in [0.29, 0.717) is 30.3 Å². The minimum atomic E-state index is -1.39. The fraction of sp³-hybridized carbons (Fsp3) is 0.474. The number of carbonyl (C=O) groups excluding carboxylic acids is 1. The number of anilines is 1. The quantitative estimate of drug-likeness (QED) is 0.868. The number of nitrogens with zero attached hydrogens (tertiary/aromatic N) is 4. The molecule has 144 valence electrons. The Bertz CT molecular complexity index is 801. The van der Waals surface area contributed by atoms with Crippen molar-refractivity contribution in [2.45, 2.75) is 32.4 Å². The Kier molecular flexibility index (Phi) is 5.53. The molecular formula is C19H24FN5O2. The number of ether oxygens (including phenoxy) is 1. The summed E-state index contributed by atoms with van der Waals surface area (Å²) < 4.78 is 20.3. The number of pyridine rings is 1. The molecule has 0 atom stereocenters. The highest BCUT2D eigenvalue weighted by atomic mass is 19.1. The van der Waals surface area contributed by atoms with Gasteiger partial charge in [-0.3, -0.25) is 4.79 Å². The summed E-state index contributed by atoms with van der Waals surface area (Å²) in [5, 5.41) is 3.07. The van der Waals surface area contributed by atoms with Crippen molar-refractivity contribution in [1.82, 2.24) is 19.9 Å². The Hall–Kier alpha value is -2.77. The van der Waals surface area contributed by atoms with Gasteiger partial charge in [0.05, 0.1) is 13.7 Å². The molecule has 0 bridgehead atoms. The second kappa shape index (κ2) is 7.85. The van der Waals surface area contributed by atoms with E-state index in [1.165, 1.54) is 7.11 Å². The Morgan fingerprint density at radius 1 is 1.33 bits per heavy atom. The number of rotatable bonds is 5. The van der Waals surface area contributed by atoms with Gasteiger partial charge in [-0.05, 0) is 26.0 Å². The molecule has 27 heavy (non-hydrogen) atoms. The molecule has 1 aliphatic rings. The average molecular weight is 373 g/mol. The van der Waals surface area contributed by atoms with E-state index < -0.39 is 5.67 Å². The van der Waals surface area contributed by atoms with Crippen LogP contribution in [-0.4, -0.2) is 58.2 Å². The van der Waals surface area contributed by atoms with Crippen molar-refractivity contribution in [1.29, 1.82) is 0 Å². The Balaban J connectivity index is 1.59. The summed E-state index contributed by atoms with van der Waals surface area (Å²) in [6.07, 6.45) is 2.09. The van der Waals surface area contributed by atoms with E-state index in [1.54, 1.807) is 36.2 Å². The number of aryl methyl sites for hydroxylation is 2. The number of hydrogen-bond acceptors (Lipinski definition) is 6. The minimum Gasteiger partial charge on any atom is -0.480 e. The van der Waals surface area contributed by atoms with Gasteiger partial charge in [-0.1, -0.05) is 0 Å². The number of hydrogen-bond donors (Lipinski definition) is 1. The summed E-state index contributed by atoms with van der Waals surface area (Å²) >= 11 is 0. The van der Waals surface area contributed by atoms with Crippen molar-refractivity contribution in [3.63, 3.8) is 0 Å². The maximum atomic E-state index is 15.2. The zero-order chi connectivity index (χ0) is 19.4. The van der Waals surface area contributed by atoms with E-state index in [4.69, 9.17) is 4.74 Å². The van der Waals surface area contributed by atoms with E-state index in [2.05, 4.69) is 20.3 Å². The summed E-state index contributed by atoms with van der Waals surface area (Å²) in [6.45, 7) is 4.52. The maximum absolute atomic E-state index is 15.2. The molecule has 3 rings (SSSR count). The summed E-state index contributed by atoms with van der Waals surface area (Å²) in [5.41, 5.74) is -0.150. The van der Waals surface area contributed by atoms with Gasteiger partial charge in [0.15, 0.2) is 0 Å². The van der Waals surface area contributed by atoms with E-state index in [9.17, 15) is 4.79 Å². The Morgan fingerprint density at radius 2 is 2.07 bits per heavy atom. The number of methoxy groups -OCH3 is 1. The number of halogens is 1. The Morgan fingerprint density at radius 3 is 2.74 bits per heavy atom. The smallest absolute Gasteiger partial charge is 0.259 e. The van der Waals surface area contributed by atoms with Crippen molar-refractivity contribution in [2.75, 3.05) is 32.1 Å². The first-order valence-electron chi connectivity index (χ1n) is 8.93. The molecule has 0 saturated carbocycles. The zero-order valence-corrected chi connectivity index (χ0v) is 15.8. The average Bonchev–Trinajstić information content (AvgIpc) is 2.66. The summed E-state index contributed by atoms with van der Waals surface area (Å²) in [7, 11) is 1.48. The van der Waals surface area contributed by atoms with Crippen molar-refractivity contribution in [3.8, 4) is 5.88 Å². The predicted octanol–water partition coefficient (Wildman–Crippen LogP) is 2.55. The summed E-state index contributed by atoms with van der Waals surface area (Å²) in [4.78, 5) is 26.9. The van der Waals surface area contributed by atoms with Crippen LogP contribution in [0.2, 0.25) is 0 Å². The molecule has 0 spiro atoms. The van der Waals surface area contributed by atoms with Crippen LogP contribution in [0.15, 0.2) is 24.4 Å². The first kappa shape index (κ1) is 19.0. The highest BCUT2D eigenvalue weighted by molar-refractivity contribution is 5.96. The van der Waals surface area contributed by atoms with Gasteiger partial charge in [0.2, 0.25) is 5.88 Å². The van der Waals surface area contributed by atoms with Crippen LogP contribution >= 0.6 is 0 Å². The molecule has 8 heteroatoms. The third-order valence-corrected chi connectivity index (χ3v) is 4.69. The zero-order valence-electron chi connectivity index (χ0n) is 15.8. The minimum absolute atomic E-state index is 0.154. The number of nitrogens with one attached hydrogen (secondary N) is 1. The number of piperidine rings is 1. The van der Waals surface area contributed by atoms with Crippen molar-refractivity contribution in [2.24, 2.45) is 0 Å². The lowest BCUT2D eigenvalue weighted by Crippen LogP contribution is -2.47. The molecule has 0 unspecified atom stereocenters. The molecule has 2 aromatic heterocycles. The van der Waals surface area contributed by atoms with Crippen LogP contribution in [0, 0.1) is 13.8 Å². The normalized spacial score (nSPS) is 16.1. The van der Waals surface area contributed by atoms with Gasteiger partial charge in [-0.15, -0.1) is 0 Å². The highest BCUT2D eigenvalue weighted by Crippen LogP contribution is 2.28. The molecule has 7 nitrogen and oxygen atoms in total. The molecular weight excluding hydrogens is 349 g/mol. The molecule has 1 N–H and O–H groups in total. The number of aromatic nitrogens is 3. The van der Waals surface area contributed by atoms with Gasteiger partial charge >= 0.3 is 0 Å². The molecule has 2 aromatic rings. The first-order valence-corrected chi connectivity index (χ1v) is 8.93. The van der Waals surface area contributed by atoms with Gasteiger partial charge in [0.1, 0.15) is 22.9 Å². The highest BCUT2D eigenvalue weighted by Gasteiger charge is 2.36. The van der Waals surface area contributed by atoms with Gasteiger partial charge in [0, 0.05) is 43.9 Å². The number of alkyl halides is 1. The Labute approximate surface area is 158 Å². The SMILES string of the molecule is COc1ncccc1C(=O)N1CCC(F)(CNc2cc(C)nc(C)n2)CC1. The van der Waals surface area contributed by atoms with Gasteiger partial charge in [-0.2, -0.15) is 0 Å². The van der Waals surface area contributed by atoms with E-state index >= 15 is 4.39 Å². The van der Waals surface area contributed by atoms with Crippen LogP contribution in [0.5, 0.6) is 5.88 Å². The van der Waals surface area contributed by atoms with Crippen LogP contribution in [0.4, 0.5) is 10.2 Å². The third-order valence-electron chi connectivity index (χ3n) is 4.69. The molecule has 0 aromatic carbocycles. The van der Waals surface area contributed by atoms with E-state index in [-0.39, 0.29) is 31.2 Å². The lowest BCUT2D eigenvalue weighted by molar-refractivity contribution is 0.0480. The molecule has 1 aliphatic heterocycles. The monoisotopic (exact) mass is 373 g/mol.